The van der Waals surface area contributed by atoms with E-state index < -0.39 is 6.10 Å². The minimum atomic E-state index is -0.546. The number of hydrogen-bond donors (Lipinski definition) is 1. The number of rotatable bonds is 3. The topological polar surface area (TPSA) is 38.0 Å². The van der Waals surface area contributed by atoms with Gasteiger partial charge in [0.25, 0.3) is 0 Å². The predicted molar refractivity (Wildman–Crippen MR) is 78.8 cm³/mol. The second-order valence-corrected chi connectivity index (χ2v) is 5.37. The number of nitrogens with zero attached hydrogens (tertiary/aromatic N) is 2. The van der Waals surface area contributed by atoms with E-state index in [0.717, 1.165) is 21.1 Å². The van der Waals surface area contributed by atoms with E-state index >= 15 is 0 Å². The van der Waals surface area contributed by atoms with Crippen LogP contribution in [0.25, 0.3) is 11.0 Å². The molecule has 0 aliphatic heterocycles. The average molecular weight is 317 g/mol. The maximum atomic E-state index is 10.3. The molecule has 1 unspecified atom stereocenters. The van der Waals surface area contributed by atoms with Gasteiger partial charge in [-0.05, 0) is 29.8 Å². The molecular formula is C15H13BrN2O. The molecular weight excluding hydrogens is 304 g/mol. The molecule has 2 aromatic carbocycles. The largest absolute Gasteiger partial charge is 0.387 e. The number of aliphatic hydroxyl groups excluding tert-OH is 1. The van der Waals surface area contributed by atoms with E-state index in [1.165, 1.54) is 0 Å². The third-order valence-corrected chi connectivity index (χ3v) is 3.62. The van der Waals surface area contributed by atoms with Gasteiger partial charge in [0.2, 0.25) is 0 Å². The Morgan fingerprint density at radius 1 is 1.16 bits per heavy atom. The van der Waals surface area contributed by atoms with E-state index in [9.17, 15) is 5.11 Å². The van der Waals surface area contributed by atoms with Crippen LogP contribution in [0.4, 0.5) is 0 Å². The molecule has 1 heterocycles. The van der Waals surface area contributed by atoms with E-state index in [2.05, 4.69) is 20.9 Å². The summed E-state index contributed by atoms with van der Waals surface area (Å²) in [6, 6.07) is 15.7. The van der Waals surface area contributed by atoms with Crippen molar-refractivity contribution in [2.24, 2.45) is 0 Å². The summed E-state index contributed by atoms with van der Waals surface area (Å²) in [5.41, 5.74) is 2.88. The Bertz CT molecular complexity index is 708. The van der Waals surface area contributed by atoms with Crippen LogP contribution >= 0.6 is 15.9 Å². The van der Waals surface area contributed by atoms with Gasteiger partial charge in [0.05, 0.1) is 30.0 Å². The zero-order valence-corrected chi connectivity index (χ0v) is 11.8. The lowest BCUT2D eigenvalue weighted by Crippen LogP contribution is -2.07. The molecule has 0 aliphatic rings. The summed E-state index contributed by atoms with van der Waals surface area (Å²) < 4.78 is 2.94. The van der Waals surface area contributed by atoms with Crippen LogP contribution in [-0.4, -0.2) is 14.7 Å². The van der Waals surface area contributed by atoms with Gasteiger partial charge in [-0.25, -0.2) is 4.98 Å². The molecule has 4 heteroatoms. The minimum absolute atomic E-state index is 0.497. The van der Waals surface area contributed by atoms with Gasteiger partial charge in [0.1, 0.15) is 0 Å². The molecule has 0 radical (unpaired) electrons. The smallest absolute Gasteiger partial charge is 0.0969 e. The Labute approximate surface area is 119 Å². The first kappa shape index (κ1) is 12.4. The fourth-order valence-electron chi connectivity index (χ4n) is 2.16. The quantitative estimate of drug-likeness (QED) is 0.802. The van der Waals surface area contributed by atoms with Crippen molar-refractivity contribution >= 4 is 27.0 Å². The lowest BCUT2D eigenvalue weighted by atomic mass is 10.1. The van der Waals surface area contributed by atoms with Crippen molar-refractivity contribution < 1.29 is 5.11 Å². The highest BCUT2D eigenvalue weighted by Crippen LogP contribution is 2.21. The number of fused-ring (bicyclic) bond motifs is 1. The second kappa shape index (κ2) is 5.15. The molecule has 1 atom stereocenters. The Kier molecular flexibility index (Phi) is 3.36. The molecule has 96 valence electrons. The Morgan fingerprint density at radius 3 is 2.84 bits per heavy atom. The minimum Gasteiger partial charge on any atom is -0.387 e. The molecule has 3 rings (SSSR count). The van der Waals surface area contributed by atoms with Gasteiger partial charge in [0.15, 0.2) is 0 Å². The van der Waals surface area contributed by atoms with E-state index in [4.69, 9.17) is 0 Å². The maximum absolute atomic E-state index is 10.3. The molecule has 0 fully saturated rings. The first-order valence-corrected chi connectivity index (χ1v) is 6.87. The van der Waals surface area contributed by atoms with Gasteiger partial charge in [-0.1, -0.05) is 40.2 Å². The zero-order valence-electron chi connectivity index (χ0n) is 10.2. The lowest BCUT2D eigenvalue weighted by Gasteiger charge is -2.12. The molecule has 0 amide bonds. The fourth-order valence-corrected chi connectivity index (χ4v) is 2.58. The van der Waals surface area contributed by atoms with Gasteiger partial charge >= 0.3 is 0 Å². The fraction of sp³-hybridized carbons (Fsp3) is 0.133. The monoisotopic (exact) mass is 316 g/mol. The number of aromatic nitrogens is 2. The zero-order chi connectivity index (χ0) is 13.2. The number of aliphatic hydroxyl groups is 1. The van der Waals surface area contributed by atoms with Crippen molar-refractivity contribution in [3.8, 4) is 0 Å². The molecule has 0 spiro atoms. The molecule has 3 aromatic rings. The molecule has 3 nitrogen and oxygen atoms in total. The van der Waals surface area contributed by atoms with E-state index in [0.29, 0.717) is 6.54 Å². The summed E-state index contributed by atoms with van der Waals surface area (Å²) in [4.78, 5) is 4.33. The second-order valence-electron chi connectivity index (χ2n) is 4.46. The highest BCUT2D eigenvalue weighted by Gasteiger charge is 2.10. The summed E-state index contributed by atoms with van der Waals surface area (Å²) >= 11 is 3.42. The Hall–Kier alpha value is -1.65. The van der Waals surface area contributed by atoms with E-state index in [1.54, 1.807) is 6.33 Å². The van der Waals surface area contributed by atoms with Gasteiger partial charge < -0.3 is 9.67 Å². The van der Waals surface area contributed by atoms with Crippen molar-refractivity contribution in [3.05, 3.63) is 64.9 Å². The third kappa shape index (κ3) is 2.55. The Balaban J connectivity index is 1.89. The number of para-hydroxylation sites is 2. The van der Waals surface area contributed by atoms with Gasteiger partial charge in [-0.3, -0.25) is 0 Å². The van der Waals surface area contributed by atoms with Crippen molar-refractivity contribution in [1.29, 1.82) is 0 Å². The summed E-state index contributed by atoms with van der Waals surface area (Å²) in [5, 5.41) is 10.3. The number of benzene rings is 2. The summed E-state index contributed by atoms with van der Waals surface area (Å²) in [6.07, 6.45) is 1.22. The van der Waals surface area contributed by atoms with Crippen molar-refractivity contribution in [2.75, 3.05) is 0 Å². The van der Waals surface area contributed by atoms with Crippen LogP contribution in [0.1, 0.15) is 11.7 Å². The highest BCUT2D eigenvalue weighted by atomic mass is 79.9. The highest BCUT2D eigenvalue weighted by molar-refractivity contribution is 9.10. The molecule has 0 aliphatic carbocycles. The Morgan fingerprint density at radius 2 is 2.00 bits per heavy atom. The molecule has 0 saturated heterocycles. The SMILES string of the molecule is OC(Cn1cnc2ccccc21)c1cccc(Br)c1. The molecule has 0 bridgehead atoms. The first-order valence-electron chi connectivity index (χ1n) is 6.07. The maximum Gasteiger partial charge on any atom is 0.0969 e. The average Bonchev–Trinajstić information content (AvgIpc) is 2.82. The summed E-state index contributed by atoms with van der Waals surface area (Å²) in [7, 11) is 0. The van der Waals surface area contributed by atoms with Gasteiger partial charge in [-0.2, -0.15) is 0 Å². The number of hydrogen-bond acceptors (Lipinski definition) is 2. The number of halogens is 1. The predicted octanol–water partition coefficient (Wildman–Crippen LogP) is 3.53. The molecule has 19 heavy (non-hydrogen) atoms. The van der Waals surface area contributed by atoms with Crippen molar-refractivity contribution in [1.82, 2.24) is 9.55 Å². The van der Waals surface area contributed by atoms with Crippen LogP contribution in [0.3, 0.4) is 0 Å². The van der Waals surface area contributed by atoms with E-state index in [-0.39, 0.29) is 0 Å². The van der Waals surface area contributed by atoms with Crippen LogP contribution < -0.4 is 0 Å². The van der Waals surface area contributed by atoms with Gasteiger partial charge in [-0.15, -0.1) is 0 Å². The van der Waals surface area contributed by atoms with Crippen LogP contribution in [0.15, 0.2) is 59.3 Å². The molecule has 1 N–H and O–H groups in total. The van der Waals surface area contributed by atoms with Crippen LogP contribution in [-0.2, 0) is 6.54 Å². The molecule has 1 aromatic heterocycles. The lowest BCUT2D eigenvalue weighted by molar-refractivity contribution is 0.158. The first-order chi connectivity index (χ1) is 9.24. The summed E-state index contributed by atoms with van der Waals surface area (Å²) in [5.74, 6) is 0. The summed E-state index contributed by atoms with van der Waals surface area (Å²) in [6.45, 7) is 0.497. The normalized spacial score (nSPS) is 12.7. The van der Waals surface area contributed by atoms with Crippen LogP contribution in [0.2, 0.25) is 0 Å². The van der Waals surface area contributed by atoms with Crippen LogP contribution in [0, 0.1) is 0 Å². The van der Waals surface area contributed by atoms with Crippen LogP contribution in [0.5, 0.6) is 0 Å². The third-order valence-electron chi connectivity index (χ3n) is 3.13. The van der Waals surface area contributed by atoms with E-state index in [1.807, 2.05) is 53.1 Å². The number of imidazole rings is 1. The standard InChI is InChI=1S/C15H13BrN2O/c16-12-5-3-4-11(8-12)15(19)9-18-10-17-13-6-1-2-7-14(13)18/h1-8,10,15,19H,9H2. The van der Waals surface area contributed by atoms with Crippen molar-refractivity contribution in [3.63, 3.8) is 0 Å². The molecule has 0 saturated carbocycles. The van der Waals surface area contributed by atoms with Gasteiger partial charge in [0, 0.05) is 4.47 Å². The van der Waals surface area contributed by atoms with Crippen molar-refractivity contribution in [2.45, 2.75) is 12.6 Å².